The van der Waals surface area contributed by atoms with Crippen molar-refractivity contribution < 1.29 is 14.8 Å². The number of anilines is 1. The summed E-state index contributed by atoms with van der Waals surface area (Å²) in [5, 5.41) is 20.0. The monoisotopic (exact) mass is 250 g/mol. The van der Waals surface area contributed by atoms with E-state index in [4.69, 9.17) is 5.11 Å². The summed E-state index contributed by atoms with van der Waals surface area (Å²) in [6.07, 6.45) is 2.09. The minimum absolute atomic E-state index is 0.0465. The van der Waals surface area contributed by atoms with Gasteiger partial charge in [0.25, 0.3) is 5.69 Å². The summed E-state index contributed by atoms with van der Waals surface area (Å²) in [5.41, 5.74) is 0.954. The van der Waals surface area contributed by atoms with Crippen LogP contribution in [0.1, 0.15) is 28.8 Å². The molecule has 0 radical (unpaired) electrons. The summed E-state index contributed by atoms with van der Waals surface area (Å²) in [4.78, 5) is 23.3. The first-order valence-corrected chi connectivity index (χ1v) is 5.67. The zero-order valence-corrected chi connectivity index (χ0v) is 10.2. The van der Waals surface area contributed by atoms with E-state index >= 15 is 0 Å². The first-order chi connectivity index (χ1) is 8.41. The second-order valence-electron chi connectivity index (χ2n) is 4.54. The normalized spacial score (nSPS) is 14.3. The molecule has 1 aromatic carbocycles. The Morgan fingerprint density at radius 2 is 2.11 bits per heavy atom. The largest absolute Gasteiger partial charge is 0.478 e. The summed E-state index contributed by atoms with van der Waals surface area (Å²) in [5.74, 6) is -1.15. The predicted octanol–water partition coefficient (Wildman–Crippen LogP) is 2.20. The van der Waals surface area contributed by atoms with Crippen LogP contribution in [-0.4, -0.2) is 29.1 Å². The Hall–Kier alpha value is -2.11. The lowest BCUT2D eigenvalue weighted by Crippen LogP contribution is -2.21. The zero-order valence-electron chi connectivity index (χ0n) is 10.2. The number of hydrogen-bond donors (Lipinski definition) is 1. The van der Waals surface area contributed by atoms with Crippen molar-refractivity contribution in [1.29, 1.82) is 0 Å². The van der Waals surface area contributed by atoms with Crippen LogP contribution in [0, 0.1) is 17.0 Å². The number of nitrogens with zero attached hydrogens (tertiary/aromatic N) is 2. The number of carboxylic acid groups (broad SMARTS) is 1. The van der Waals surface area contributed by atoms with Crippen molar-refractivity contribution in [3.05, 3.63) is 33.4 Å². The van der Waals surface area contributed by atoms with Gasteiger partial charge in [0.15, 0.2) is 0 Å². The summed E-state index contributed by atoms with van der Waals surface area (Å²) in [6, 6.07) is 2.98. The number of hydrogen-bond acceptors (Lipinski definition) is 4. The van der Waals surface area contributed by atoms with Crippen LogP contribution >= 0.6 is 0 Å². The van der Waals surface area contributed by atoms with E-state index in [-0.39, 0.29) is 11.3 Å². The van der Waals surface area contributed by atoms with Crippen molar-refractivity contribution in [2.24, 2.45) is 0 Å². The van der Waals surface area contributed by atoms with Crippen LogP contribution in [0.15, 0.2) is 12.1 Å². The van der Waals surface area contributed by atoms with Gasteiger partial charge in [-0.05, 0) is 25.8 Å². The summed E-state index contributed by atoms with van der Waals surface area (Å²) >= 11 is 0. The van der Waals surface area contributed by atoms with Gasteiger partial charge in [-0.1, -0.05) is 0 Å². The molecular formula is C12H14N2O4. The fourth-order valence-electron chi connectivity index (χ4n) is 2.02. The maximum Gasteiger partial charge on any atom is 0.336 e. The van der Waals surface area contributed by atoms with Crippen LogP contribution in [-0.2, 0) is 0 Å². The molecule has 0 atom stereocenters. The van der Waals surface area contributed by atoms with Crippen molar-refractivity contribution in [3.8, 4) is 0 Å². The molecule has 2 rings (SSSR count). The Morgan fingerprint density at radius 3 is 2.56 bits per heavy atom. The van der Waals surface area contributed by atoms with Gasteiger partial charge in [-0.3, -0.25) is 10.1 Å². The van der Waals surface area contributed by atoms with Crippen LogP contribution in [0.2, 0.25) is 0 Å². The van der Waals surface area contributed by atoms with E-state index in [1.807, 2.05) is 11.9 Å². The minimum atomic E-state index is -1.15. The standard InChI is InChI=1S/C12H14N2O4/c1-7-10(13(2)9-3-4-9)5-8(12(15)16)6-11(7)14(17)18/h5-6,9H,3-4H2,1-2H3,(H,15,16). The fourth-order valence-corrected chi connectivity index (χ4v) is 2.02. The van der Waals surface area contributed by atoms with Crippen LogP contribution < -0.4 is 4.90 Å². The molecule has 0 saturated heterocycles. The third-order valence-corrected chi connectivity index (χ3v) is 3.27. The average Bonchev–Trinajstić information content (AvgIpc) is 3.11. The van der Waals surface area contributed by atoms with E-state index in [1.165, 1.54) is 6.07 Å². The molecule has 6 nitrogen and oxygen atoms in total. The van der Waals surface area contributed by atoms with Crippen molar-refractivity contribution >= 4 is 17.3 Å². The minimum Gasteiger partial charge on any atom is -0.478 e. The number of nitro benzene ring substituents is 1. The van der Waals surface area contributed by atoms with Gasteiger partial charge in [-0.25, -0.2) is 4.79 Å². The quantitative estimate of drug-likeness (QED) is 0.654. The lowest BCUT2D eigenvalue weighted by molar-refractivity contribution is -0.385. The van der Waals surface area contributed by atoms with Gasteiger partial charge >= 0.3 is 5.97 Å². The van der Waals surface area contributed by atoms with Crippen LogP contribution in [0.4, 0.5) is 11.4 Å². The summed E-state index contributed by atoms with van der Waals surface area (Å²) in [6.45, 7) is 1.65. The van der Waals surface area contributed by atoms with Crippen molar-refractivity contribution in [2.45, 2.75) is 25.8 Å². The molecule has 96 valence electrons. The lowest BCUT2D eigenvalue weighted by Gasteiger charge is -2.21. The third-order valence-electron chi connectivity index (χ3n) is 3.27. The molecule has 6 heteroatoms. The second kappa shape index (κ2) is 4.29. The number of nitro groups is 1. The second-order valence-corrected chi connectivity index (χ2v) is 4.54. The van der Waals surface area contributed by atoms with Crippen LogP contribution in [0.25, 0.3) is 0 Å². The molecule has 0 amide bonds. The molecule has 1 N–H and O–H groups in total. The highest BCUT2D eigenvalue weighted by molar-refractivity contribution is 5.90. The van der Waals surface area contributed by atoms with E-state index < -0.39 is 10.9 Å². The number of rotatable bonds is 4. The molecule has 1 fully saturated rings. The lowest BCUT2D eigenvalue weighted by atomic mass is 10.1. The van der Waals surface area contributed by atoms with E-state index in [0.717, 1.165) is 18.9 Å². The van der Waals surface area contributed by atoms with Gasteiger partial charge in [-0.15, -0.1) is 0 Å². The molecule has 1 saturated carbocycles. The maximum absolute atomic E-state index is 11.0. The predicted molar refractivity (Wildman–Crippen MR) is 66.2 cm³/mol. The van der Waals surface area contributed by atoms with Gasteiger partial charge in [0.2, 0.25) is 0 Å². The number of benzene rings is 1. The van der Waals surface area contributed by atoms with E-state index in [0.29, 0.717) is 17.3 Å². The molecule has 0 aliphatic heterocycles. The van der Waals surface area contributed by atoms with Crippen LogP contribution in [0.5, 0.6) is 0 Å². The Balaban J connectivity index is 2.55. The number of carbonyl (C=O) groups is 1. The van der Waals surface area contributed by atoms with Gasteiger partial charge in [-0.2, -0.15) is 0 Å². The summed E-state index contributed by atoms with van der Waals surface area (Å²) < 4.78 is 0. The molecular weight excluding hydrogens is 236 g/mol. The van der Waals surface area contributed by atoms with Crippen molar-refractivity contribution in [1.82, 2.24) is 0 Å². The molecule has 1 aromatic rings. The van der Waals surface area contributed by atoms with Gasteiger partial charge in [0.1, 0.15) is 0 Å². The SMILES string of the molecule is Cc1c(N(C)C2CC2)cc(C(=O)O)cc1[N+](=O)[O-]. The van der Waals surface area contributed by atoms with Gasteiger partial charge in [0.05, 0.1) is 16.1 Å². The molecule has 0 bridgehead atoms. The third kappa shape index (κ3) is 2.13. The maximum atomic E-state index is 11.0. The van der Waals surface area contributed by atoms with E-state index in [1.54, 1.807) is 6.92 Å². The molecule has 0 spiro atoms. The highest BCUT2D eigenvalue weighted by Crippen LogP contribution is 2.36. The zero-order chi connectivity index (χ0) is 13.4. The molecule has 1 aliphatic carbocycles. The highest BCUT2D eigenvalue weighted by Gasteiger charge is 2.30. The van der Waals surface area contributed by atoms with Crippen molar-refractivity contribution in [3.63, 3.8) is 0 Å². The first kappa shape index (κ1) is 12.3. The molecule has 1 aliphatic rings. The molecule has 18 heavy (non-hydrogen) atoms. The number of aromatic carboxylic acids is 1. The summed E-state index contributed by atoms with van der Waals surface area (Å²) in [7, 11) is 1.84. The Kier molecular flexibility index (Phi) is 2.94. The fraction of sp³-hybridized carbons (Fsp3) is 0.417. The van der Waals surface area contributed by atoms with Gasteiger partial charge < -0.3 is 10.0 Å². The highest BCUT2D eigenvalue weighted by atomic mass is 16.6. The molecule has 0 unspecified atom stereocenters. The van der Waals surface area contributed by atoms with E-state index in [2.05, 4.69) is 0 Å². The Labute approximate surface area is 104 Å². The first-order valence-electron chi connectivity index (χ1n) is 5.67. The molecule has 0 aromatic heterocycles. The average molecular weight is 250 g/mol. The smallest absolute Gasteiger partial charge is 0.336 e. The Bertz CT molecular complexity index is 523. The van der Waals surface area contributed by atoms with Crippen LogP contribution in [0.3, 0.4) is 0 Å². The number of carboxylic acids is 1. The van der Waals surface area contributed by atoms with E-state index in [9.17, 15) is 14.9 Å². The van der Waals surface area contributed by atoms with Crippen molar-refractivity contribution in [2.75, 3.05) is 11.9 Å². The Morgan fingerprint density at radius 1 is 1.50 bits per heavy atom. The topological polar surface area (TPSA) is 83.7 Å². The van der Waals surface area contributed by atoms with Gasteiger partial charge in [0, 0.05) is 24.8 Å². The molecule has 0 heterocycles.